The Morgan fingerprint density at radius 1 is 1.22 bits per heavy atom. The summed E-state index contributed by atoms with van der Waals surface area (Å²) in [6.45, 7) is 5.52. The Labute approximate surface area is 152 Å². The summed E-state index contributed by atoms with van der Waals surface area (Å²) in [5.74, 6) is 0.114. The minimum atomic E-state index is -0.330. The number of Topliss-reactive ketones (excluding diaryl/α,β-unsaturated/α-hetero) is 1. The van der Waals surface area contributed by atoms with E-state index in [1.54, 1.807) is 6.07 Å². The van der Waals surface area contributed by atoms with E-state index in [9.17, 15) is 9.90 Å². The van der Waals surface area contributed by atoms with E-state index in [1.807, 2.05) is 13.0 Å². The number of hydrogen-bond donors (Lipinski definition) is 1. The Kier molecular flexibility index (Phi) is 5.96. The van der Waals surface area contributed by atoms with Crippen molar-refractivity contribution in [2.45, 2.75) is 59.3 Å². The summed E-state index contributed by atoms with van der Waals surface area (Å²) in [5, 5.41) is 11.6. The molecule has 0 aromatic heterocycles. The van der Waals surface area contributed by atoms with E-state index in [4.69, 9.17) is 11.6 Å². The number of aliphatic hydroxyl groups excluding tert-OH is 1. The van der Waals surface area contributed by atoms with Crippen LogP contribution in [0.1, 0.15) is 63.5 Å². The first kappa shape index (κ1) is 18.5. The van der Waals surface area contributed by atoms with Crippen molar-refractivity contribution < 1.29 is 9.90 Å². The van der Waals surface area contributed by atoms with Crippen LogP contribution in [-0.2, 0) is 4.79 Å². The zero-order valence-corrected chi connectivity index (χ0v) is 16.4. The third-order valence-electron chi connectivity index (χ3n) is 4.90. The molecule has 1 aromatic rings. The highest BCUT2D eigenvalue weighted by Gasteiger charge is 2.34. The first-order chi connectivity index (χ1) is 10.8. The molecule has 1 saturated carbocycles. The van der Waals surface area contributed by atoms with Crippen molar-refractivity contribution in [3.05, 3.63) is 38.5 Å². The lowest BCUT2D eigenvalue weighted by Gasteiger charge is -2.29. The largest absolute Gasteiger partial charge is 0.511 e. The number of halogens is 2. The van der Waals surface area contributed by atoms with Gasteiger partial charge in [-0.15, -0.1) is 0 Å². The SMILES string of the molecule is CC(=O)/C(=C(/O)C1(C)CCCCCC1)c1cc(Cl)c(Br)cc1C. The number of benzene rings is 1. The van der Waals surface area contributed by atoms with Gasteiger partial charge in [-0.2, -0.15) is 0 Å². The van der Waals surface area contributed by atoms with Crippen molar-refractivity contribution >= 4 is 38.9 Å². The minimum absolute atomic E-state index is 0.116. The molecule has 0 amide bonds. The lowest BCUT2D eigenvalue weighted by molar-refractivity contribution is -0.112. The van der Waals surface area contributed by atoms with Crippen molar-refractivity contribution in [3.63, 3.8) is 0 Å². The third kappa shape index (κ3) is 4.00. The molecule has 0 bridgehead atoms. The van der Waals surface area contributed by atoms with Crippen LogP contribution in [0.2, 0.25) is 5.02 Å². The average molecular weight is 400 g/mol. The predicted molar refractivity (Wildman–Crippen MR) is 99.9 cm³/mol. The average Bonchev–Trinajstić information content (AvgIpc) is 2.70. The zero-order valence-electron chi connectivity index (χ0n) is 14.0. The van der Waals surface area contributed by atoms with Gasteiger partial charge >= 0.3 is 0 Å². The number of ketones is 1. The highest BCUT2D eigenvalue weighted by Crippen LogP contribution is 2.43. The Balaban J connectivity index is 2.61. The maximum atomic E-state index is 12.3. The van der Waals surface area contributed by atoms with Crippen LogP contribution in [0, 0.1) is 12.3 Å². The van der Waals surface area contributed by atoms with Gasteiger partial charge in [0, 0.05) is 9.89 Å². The summed E-state index contributed by atoms with van der Waals surface area (Å²) < 4.78 is 0.795. The van der Waals surface area contributed by atoms with Gasteiger partial charge in [0.15, 0.2) is 5.78 Å². The lowest BCUT2D eigenvalue weighted by Crippen LogP contribution is -2.21. The molecule has 2 nitrogen and oxygen atoms in total. The summed E-state index contributed by atoms with van der Waals surface area (Å²) in [6, 6.07) is 3.66. The fraction of sp³-hybridized carbons (Fsp3) is 0.526. The van der Waals surface area contributed by atoms with E-state index >= 15 is 0 Å². The molecule has 0 saturated heterocycles. The van der Waals surface area contributed by atoms with Crippen molar-refractivity contribution in [1.29, 1.82) is 0 Å². The predicted octanol–water partition coefficient (Wildman–Crippen LogP) is 6.63. The lowest BCUT2D eigenvalue weighted by atomic mass is 9.77. The molecule has 1 fully saturated rings. The number of rotatable bonds is 3. The zero-order chi connectivity index (χ0) is 17.2. The van der Waals surface area contributed by atoms with Crippen LogP contribution in [0.4, 0.5) is 0 Å². The topological polar surface area (TPSA) is 37.3 Å². The number of carbonyl (C=O) groups is 1. The molecule has 0 aliphatic heterocycles. The smallest absolute Gasteiger partial charge is 0.163 e. The van der Waals surface area contributed by atoms with Crippen molar-refractivity contribution in [2.75, 3.05) is 0 Å². The van der Waals surface area contributed by atoms with Crippen LogP contribution < -0.4 is 0 Å². The van der Waals surface area contributed by atoms with Crippen LogP contribution in [0.5, 0.6) is 0 Å². The maximum absolute atomic E-state index is 12.3. The molecule has 0 spiro atoms. The van der Waals surface area contributed by atoms with Crippen LogP contribution in [0.15, 0.2) is 22.4 Å². The van der Waals surface area contributed by atoms with Gasteiger partial charge in [0.2, 0.25) is 0 Å². The van der Waals surface area contributed by atoms with Crippen molar-refractivity contribution in [3.8, 4) is 0 Å². The molecular formula is C19H24BrClO2. The standard InChI is InChI=1S/C19H24BrClO2/c1-12-10-15(20)16(21)11-14(12)17(13(2)22)18(23)19(3)8-6-4-5-7-9-19/h10-11,23H,4-9H2,1-3H3/b18-17-. The monoisotopic (exact) mass is 398 g/mol. The molecule has 0 unspecified atom stereocenters. The molecule has 1 N–H and O–H groups in total. The molecule has 0 atom stereocenters. The van der Waals surface area contributed by atoms with Crippen LogP contribution in [0.3, 0.4) is 0 Å². The Morgan fingerprint density at radius 3 is 2.30 bits per heavy atom. The summed E-state index contributed by atoms with van der Waals surface area (Å²) >= 11 is 9.63. The molecule has 23 heavy (non-hydrogen) atoms. The van der Waals surface area contributed by atoms with Crippen LogP contribution >= 0.6 is 27.5 Å². The van der Waals surface area contributed by atoms with Gasteiger partial charge in [0.05, 0.1) is 10.6 Å². The van der Waals surface area contributed by atoms with Gasteiger partial charge in [-0.3, -0.25) is 4.79 Å². The molecule has 126 valence electrons. The quantitative estimate of drug-likeness (QED) is 0.352. The van der Waals surface area contributed by atoms with E-state index in [0.717, 1.165) is 41.3 Å². The molecule has 1 aromatic carbocycles. The number of allylic oxidation sites excluding steroid dienone is 2. The number of aryl methyl sites for hydroxylation is 1. The molecule has 0 radical (unpaired) electrons. The summed E-state index contributed by atoms with van der Waals surface area (Å²) in [5.41, 5.74) is 1.74. The van der Waals surface area contributed by atoms with Crippen molar-refractivity contribution in [1.82, 2.24) is 0 Å². The molecule has 0 heterocycles. The Morgan fingerprint density at radius 2 is 1.78 bits per heavy atom. The highest BCUT2D eigenvalue weighted by atomic mass is 79.9. The van der Waals surface area contributed by atoms with Gasteiger partial charge in [-0.25, -0.2) is 0 Å². The first-order valence-electron chi connectivity index (χ1n) is 8.17. The number of aliphatic hydroxyl groups is 1. The van der Waals surface area contributed by atoms with Crippen LogP contribution in [-0.4, -0.2) is 10.9 Å². The van der Waals surface area contributed by atoms with E-state index in [1.165, 1.54) is 19.8 Å². The van der Waals surface area contributed by atoms with Gasteiger partial charge in [0.25, 0.3) is 0 Å². The van der Waals surface area contributed by atoms with Gasteiger partial charge in [-0.05, 0) is 65.9 Å². The summed E-state index contributed by atoms with van der Waals surface area (Å²) in [7, 11) is 0. The second-order valence-electron chi connectivity index (χ2n) is 6.84. The highest BCUT2D eigenvalue weighted by molar-refractivity contribution is 9.10. The van der Waals surface area contributed by atoms with E-state index < -0.39 is 0 Å². The second-order valence-corrected chi connectivity index (χ2v) is 8.10. The summed E-state index contributed by atoms with van der Waals surface area (Å²) in [6.07, 6.45) is 6.40. The molecule has 4 heteroatoms. The maximum Gasteiger partial charge on any atom is 0.163 e. The summed E-state index contributed by atoms with van der Waals surface area (Å²) in [4.78, 5) is 12.3. The van der Waals surface area contributed by atoms with E-state index in [-0.39, 0.29) is 17.0 Å². The van der Waals surface area contributed by atoms with E-state index in [2.05, 4.69) is 22.9 Å². The fourth-order valence-corrected chi connectivity index (χ4v) is 4.07. The van der Waals surface area contributed by atoms with E-state index in [0.29, 0.717) is 10.6 Å². The van der Waals surface area contributed by atoms with Crippen molar-refractivity contribution in [2.24, 2.45) is 5.41 Å². The Bertz CT molecular complexity index is 641. The first-order valence-corrected chi connectivity index (χ1v) is 9.34. The molecule has 2 rings (SSSR count). The van der Waals surface area contributed by atoms with Gasteiger partial charge in [-0.1, -0.05) is 44.2 Å². The van der Waals surface area contributed by atoms with Crippen LogP contribution in [0.25, 0.3) is 5.57 Å². The molecule has 1 aliphatic carbocycles. The number of hydrogen-bond acceptors (Lipinski definition) is 2. The minimum Gasteiger partial charge on any atom is -0.511 e. The normalized spacial score (nSPS) is 19.0. The van der Waals surface area contributed by atoms with Gasteiger partial charge in [0.1, 0.15) is 5.76 Å². The number of carbonyl (C=O) groups excluding carboxylic acids is 1. The fourth-order valence-electron chi connectivity index (χ4n) is 3.45. The third-order valence-corrected chi connectivity index (χ3v) is 6.10. The Hall–Kier alpha value is -0.800. The molecular weight excluding hydrogens is 376 g/mol. The van der Waals surface area contributed by atoms with Gasteiger partial charge < -0.3 is 5.11 Å². The molecule has 1 aliphatic rings. The second kappa shape index (κ2) is 7.40.